The maximum atomic E-state index is 13.0. The molecule has 0 spiro atoms. The summed E-state index contributed by atoms with van der Waals surface area (Å²) in [6, 6.07) is 17.3. The zero-order valence-corrected chi connectivity index (χ0v) is 18.3. The molecule has 158 valence electrons. The lowest BCUT2D eigenvalue weighted by molar-refractivity contribution is -0.146. The predicted molar refractivity (Wildman–Crippen MR) is 122 cm³/mol. The molecule has 4 rings (SSSR count). The van der Waals surface area contributed by atoms with Crippen LogP contribution in [0.1, 0.15) is 36.2 Å². The summed E-state index contributed by atoms with van der Waals surface area (Å²) in [5.41, 5.74) is 3.34. The van der Waals surface area contributed by atoms with Crippen LogP contribution in [0.3, 0.4) is 0 Å². The van der Waals surface area contributed by atoms with Gasteiger partial charge in [-0.15, -0.1) is 11.8 Å². The molecular weight excluding hydrogens is 410 g/mol. The number of rotatable bonds is 7. The molecule has 1 atom stereocenters. The summed E-state index contributed by atoms with van der Waals surface area (Å²) in [6.45, 7) is 3.59. The summed E-state index contributed by atoms with van der Waals surface area (Å²) >= 11 is 1.35. The highest BCUT2D eigenvalue weighted by Crippen LogP contribution is 2.42. The summed E-state index contributed by atoms with van der Waals surface area (Å²) in [7, 11) is 0. The number of fused-ring (bicyclic) bond motifs is 2. The van der Waals surface area contributed by atoms with Crippen molar-refractivity contribution >= 4 is 40.2 Å². The van der Waals surface area contributed by atoms with Gasteiger partial charge in [-0.1, -0.05) is 55.5 Å². The Bertz CT molecular complexity index is 1190. The molecule has 0 aliphatic heterocycles. The van der Waals surface area contributed by atoms with Gasteiger partial charge < -0.3 is 10.1 Å². The number of esters is 1. The average molecular weight is 434 g/mol. The van der Waals surface area contributed by atoms with E-state index in [-0.39, 0.29) is 30.1 Å². The van der Waals surface area contributed by atoms with E-state index < -0.39 is 5.97 Å². The van der Waals surface area contributed by atoms with Crippen molar-refractivity contribution in [1.82, 2.24) is 5.32 Å². The Kier molecular flexibility index (Phi) is 6.09. The standard InChI is InChI=1S/C25H23NO4S/c1-3-15(2)26-22(27)13-30-23(28)14-31-21-12-11-17-16-7-4-5-8-18(16)25(29)20-10-6-9-19(21)24(17)20/h4-12,15H,3,13-14H2,1-2H3,(H,26,27). The van der Waals surface area contributed by atoms with Crippen LogP contribution < -0.4 is 5.32 Å². The molecule has 0 heterocycles. The molecule has 0 saturated carbocycles. The van der Waals surface area contributed by atoms with Crippen LogP contribution in [-0.2, 0) is 14.3 Å². The zero-order valence-electron chi connectivity index (χ0n) is 17.4. The van der Waals surface area contributed by atoms with Crippen LogP contribution in [0.2, 0.25) is 0 Å². The van der Waals surface area contributed by atoms with Crippen molar-refractivity contribution in [2.45, 2.75) is 31.2 Å². The van der Waals surface area contributed by atoms with Crippen molar-refractivity contribution in [3.05, 3.63) is 65.7 Å². The van der Waals surface area contributed by atoms with E-state index in [2.05, 4.69) is 5.32 Å². The molecule has 1 N–H and O–H groups in total. The highest BCUT2D eigenvalue weighted by Gasteiger charge is 2.25. The number of ether oxygens (including phenoxy) is 1. The van der Waals surface area contributed by atoms with Crippen LogP contribution in [0.5, 0.6) is 0 Å². The van der Waals surface area contributed by atoms with Crippen LogP contribution in [0.4, 0.5) is 0 Å². The number of carbonyl (C=O) groups excluding carboxylic acids is 3. The van der Waals surface area contributed by atoms with Gasteiger partial charge in [0.15, 0.2) is 12.4 Å². The fraction of sp³-hybridized carbons (Fsp3) is 0.240. The Morgan fingerprint density at radius 2 is 1.71 bits per heavy atom. The van der Waals surface area contributed by atoms with Crippen LogP contribution in [0.15, 0.2) is 59.5 Å². The van der Waals surface area contributed by atoms with E-state index >= 15 is 0 Å². The van der Waals surface area contributed by atoms with E-state index in [0.717, 1.165) is 33.2 Å². The summed E-state index contributed by atoms with van der Waals surface area (Å²) in [5.74, 6) is -0.653. The van der Waals surface area contributed by atoms with E-state index in [1.165, 1.54) is 11.8 Å². The molecule has 1 amide bonds. The highest BCUT2D eigenvalue weighted by atomic mass is 32.2. The lowest BCUT2D eigenvalue weighted by atomic mass is 9.83. The summed E-state index contributed by atoms with van der Waals surface area (Å²) < 4.78 is 5.10. The van der Waals surface area contributed by atoms with E-state index in [4.69, 9.17) is 4.74 Å². The van der Waals surface area contributed by atoms with Crippen molar-refractivity contribution in [3.8, 4) is 11.1 Å². The normalized spacial score (nSPS) is 12.9. The van der Waals surface area contributed by atoms with Crippen LogP contribution in [0, 0.1) is 0 Å². The molecule has 31 heavy (non-hydrogen) atoms. The number of hydrogen-bond donors (Lipinski definition) is 1. The number of hydrogen-bond acceptors (Lipinski definition) is 5. The monoisotopic (exact) mass is 433 g/mol. The summed E-state index contributed by atoms with van der Waals surface area (Å²) in [4.78, 5) is 37.8. The van der Waals surface area contributed by atoms with Gasteiger partial charge in [0.05, 0.1) is 5.75 Å². The maximum Gasteiger partial charge on any atom is 0.316 e. The molecule has 6 heteroatoms. The molecule has 3 aromatic rings. The van der Waals surface area contributed by atoms with Gasteiger partial charge in [-0.3, -0.25) is 14.4 Å². The largest absolute Gasteiger partial charge is 0.455 e. The zero-order chi connectivity index (χ0) is 22.0. The molecule has 1 unspecified atom stereocenters. The van der Waals surface area contributed by atoms with Gasteiger partial charge in [0, 0.05) is 27.5 Å². The Morgan fingerprint density at radius 1 is 0.968 bits per heavy atom. The molecule has 5 nitrogen and oxygen atoms in total. The second-order valence-electron chi connectivity index (χ2n) is 7.54. The Balaban J connectivity index is 1.52. The first-order chi connectivity index (χ1) is 15.0. The van der Waals surface area contributed by atoms with Crippen molar-refractivity contribution in [3.63, 3.8) is 0 Å². The number of carbonyl (C=O) groups is 3. The molecule has 1 aliphatic carbocycles. The van der Waals surface area contributed by atoms with Crippen molar-refractivity contribution in [2.24, 2.45) is 0 Å². The SMILES string of the molecule is CCC(C)NC(=O)COC(=O)CSc1ccc2c3c(cccc13)C(=O)c1ccccc1-2. The third-order valence-electron chi connectivity index (χ3n) is 5.44. The minimum absolute atomic E-state index is 0.0163. The van der Waals surface area contributed by atoms with Crippen LogP contribution in [-0.4, -0.2) is 36.1 Å². The fourth-order valence-electron chi connectivity index (χ4n) is 3.72. The fourth-order valence-corrected chi connectivity index (χ4v) is 4.57. The van der Waals surface area contributed by atoms with E-state index in [1.807, 2.05) is 68.4 Å². The molecule has 1 aliphatic rings. The first kappa shape index (κ1) is 21.1. The second-order valence-corrected chi connectivity index (χ2v) is 8.56. The topological polar surface area (TPSA) is 72.5 Å². The highest BCUT2D eigenvalue weighted by molar-refractivity contribution is 8.00. The quantitative estimate of drug-likeness (QED) is 0.341. The molecule has 0 aromatic heterocycles. The first-order valence-corrected chi connectivity index (χ1v) is 11.3. The van der Waals surface area contributed by atoms with E-state index in [0.29, 0.717) is 11.1 Å². The molecule has 0 bridgehead atoms. The van der Waals surface area contributed by atoms with Gasteiger partial charge in [0.25, 0.3) is 5.91 Å². The minimum Gasteiger partial charge on any atom is -0.455 e. The third kappa shape index (κ3) is 4.21. The van der Waals surface area contributed by atoms with Gasteiger partial charge in [-0.2, -0.15) is 0 Å². The first-order valence-electron chi connectivity index (χ1n) is 10.3. The lowest BCUT2D eigenvalue weighted by Gasteiger charge is -2.21. The van der Waals surface area contributed by atoms with Gasteiger partial charge in [-0.25, -0.2) is 0 Å². The van der Waals surface area contributed by atoms with Crippen molar-refractivity contribution in [1.29, 1.82) is 0 Å². The predicted octanol–water partition coefficient (Wildman–Crippen LogP) is 4.60. The van der Waals surface area contributed by atoms with Gasteiger partial charge in [0.1, 0.15) is 0 Å². The van der Waals surface area contributed by atoms with Crippen molar-refractivity contribution < 1.29 is 19.1 Å². The second kappa shape index (κ2) is 8.94. The molecular formula is C25H23NO4S. The van der Waals surface area contributed by atoms with E-state index in [1.54, 1.807) is 0 Å². The smallest absolute Gasteiger partial charge is 0.316 e. The van der Waals surface area contributed by atoms with E-state index in [9.17, 15) is 14.4 Å². The molecule has 3 aromatic carbocycles. The number of amides is 1. The third-order valence-corrected chi connectivity index (χ3v) is 6.48. The van der Waals surface area contributed by atoms with Gasteiger partial charge in [-0.05, 0) is 35.9 Å². The van der Waals surface area contributed by atoms with Crippen LogP contribution in [0.25, 0.3) is 21.9 Å². The summed E-state index contributed by atoms with van der Waals surface area (Å²) in [6.07, 6.45) is 0.813. The Hall–Kier alpha value is -3.12. The van der Waals surface area contributed by atoms with Crippen LogP contribution >= 0.6 is 11.8 Å². The maximum absolute atomic E-state index is 13.0. The average Bonchev–Trinajstić information content (AvgIpc) is 2.79. The molecule has 0 saturated heterocycles. The Morgan fingerprint density at radius 3 is 2.48 bits per heavy atom. The minimum atomic E-state index is -0.453. The number of thioether (sulfide) groups is 1. The number of benzene rings is 3. The Labute approximate surface area is 185 Å². The number of ketones is 1. The lowest BCUT2D eigenvalue weighted by Crippen LogP contribution is -2.35. The number of nitrogens with one attached hydrogen (secondary N) is 1. The van der Waals surface area contributed by atoms with Crippen molar-refractivity contribution in [2.75, 3.05) is 12.4 Å². The summed E-state index contributed by atoms with van der Waals surface area (Å²) in [5, 5.41) is 4.62. The van der Waals surface area contributed by atoms with Gasteiger partial charge in [0.2, 0.25) is 0 Å². The molecule has 0 radical (unpaired) electrons. The molecule has 0 fully saturated rings. The van der Waals surface area contributed by atoms with Gasteiger partial charge >= 0.3 is 5.97 Å².